The molecule has 0 spiro atoms. The largest absolute Gasteiger partial charge is 0.370 e. The Bertz CT molecular complexity index is 852. The molecule has 226 valence electrons. The Morgan fingerprint density at radius 1 is 0.974 bits per heavy atom. The van der Waals surface area contributed by atoms with Crippen molar-refractivity contribution < 1.29 is 0 Å². The van der Waals surface area contributed by atoms with Crippen molar-refractivity contribution in [1.29, 1.82) is 5.41 Å². The van der Waals surface area contributed by atoms with Crippen LogP contribution in [0, 0.1) is 18.3 Å². The number of benzene rings is 1. The molecule has 0 aromatic heterocycles. The molecule has 1 fully saturated rings. The van der Waals surface area contributed by atoms with Gasteiger partial charge in [-0.15, -0.1) is 0 Å². The van der Waals surface area contributed by atoms with Crippen molar-refractivity contribution in [2.45, 2.75) is 104 Å². The van der Waals surface area contributed by atoms with Gasteiger partial charge in [0.05, 0.1) is 18.6 Å². The van der Waals surface area contributed by atoms with Crippen LogP contribution in [-0.4, -0.2) is 71.4 Å². The van der Waals surface area contributed by atoms with Crippen LogP contribution in [0.2, 0.25) is 0 Å². The van der Waals surface area contributed by atoms with Crippen LogP contribution in [-0.2, 0) is 6.42 Å². The number of rotatable bonds is 16. The summed E-state index contributed by atoms with van der Waals surface area (Å²) in [6.45, 7) is 13.8. The first kappa shape index (κ1) is 37.8. The molecular formula is C30H58N6S3. The topological polar surface area (TPSA) is 72.0 Å². The fraction of sp³-hybridized carbons (Fsp3) is 0.733. The molecule has 0 radical (unpaired) electrons. The van der Waals surface area contributed by atoms with Crippen LogP contribution >= 0.6 is 40.5 Å². The van der Waals surface area contributed by atoms with Gasteiger partial charge in [-0.1, -0.05) is 82.7 Å². The normalized spacial score (nSPS) is 19.3. The second-order valence-electron chi connectivity index (χ2n) is 11.1. The Labute approximate surface area is 260 Å². The molecule has 39 heavy (non-hydrogen) atoms. The molecule has 0 bridgehead atoms. The maximum absolute atomic E-state index is 8.96. The van der Waals surface area contributed by atoms with Crippen molar-refractivity contribution in [1.82, 2.24) is 14.7 Å². The van der Waals surface area contributed by atoms with Gasteiger partial charge in [-0.25, -0.2) is 0 Å². The molecule has 0 amide bonds. The third-order valence-corrected chi connectivity index (χ3v) is 8.32. The number of nitrogens with two attached hydrogens (primary N) is 1. The third kappa shape index (κ3) is 11.3. The first-order chi connectivity index (χ1) is 17.4. The van der Waals surface area contributed by atoms with Gasteiger partial charge in [0.25, 0.3) is 0 Å². The predicted octanol–water partition coefficient (Wildman–Crippen LogP) is 5.98. The molecule has 2 aliphatic rings. The highest BCUT2D eigenvalue weighted by atomic mass is 32.1. The van der Waals surface area contributed by atoms with Gasteiger partial charge in [0.2, 0.25) is 0 Å². The summed E-state index contributed by atoms with van der Waals surface area (Å²) < 4.78 is 0. The van der Waals surface area contributed by atoms with Crippen LogP contribution in [0.3, 0.4) is 0 Å². The summed E-state index contributed by atoms with van der Waals surface area (Å²) in [6, 6.07) is 9.71. The second-order valence-corrected chi connectivity index (χ2v) is 11.1. The summed E-state index contributed by atoms with van der Waals surface area (Å²) in [6.07, 6.45) is 12.0. The predicted molar refractivity (Wildman–Crippen MR) is 185 cm³/mol. The number of hydrogen-bond acceptors (Lipinski definition) is 4. The number of hydrogen-bond donors (Lipinski definition) is 2. The lowest BCUT2D eigenvalue weighted by Gasteiger charge is -2.29. The fourth-order valence-electron chi connectivity index (χ4n) is 5.78. The quantitative estimate of drug-likeness (QED) is 0.230. The first-order valence-electron chi connectivity index (χ1n) is 14.7. The van der Waals surface area contributed by atoms with E-state index in [1.165, 1.54) is 49.7 Å². The summed E-state index contributed by atoms with van der Waals surface area (Å²) in [7, 11) is 0. The van der Waals surface area contributed by atoms with E-state index in [0.717, 1.165) is 70.3 Å². The van der Waals surface area contributed by atoms with Crippen molar-refractivity contribution in [2.24, 2.45) is 16.6 Å². The average molecular weight is 599 g/mol. The first-order valence-corrected chi connectivity index (χ1v) is 14.7. The Morgan fingerprint density at radius 3 is 2.38 bits per heavy atom. The van der Waals surface area contributed by atoms with Crippen molar-refractivity contribution >= 4 is 52.4 Å². The second kappa shape index (κ2) is 19.8. The highest BCUT2D eigenvalue weighted by molar-refractivity contribution is 7.59. The van der Waals surface area contributed by atoms with E-state index in [9.17, 15) is 0 Å². The molecule has 0 saturated carbocycles. The number of aryl methyl sites for hydroxylation is 1. The van der Waals surface area contributed by atoms with Gasteiger partial charge in [0.1, 0.15) is 0 Å². The Hall–Kier alpha value is -1.19. The van der Waals surface area contributed by atoms with Crippen LogP contribution in [0.4, 0.5) is 0 Å². The Kier molecular flexibility index (Phi) is 19.2. The van der Waals surface area contributed by atoms with Crippen LogP contribution in [0.1, 0.15) is 89.7 Å². The van der Waals surface area contributed by atoms with Crippen LogP contribution in [0.15, 0.2) is 29.3 Å². The molecule has 6 nitrogen and oxygen atoms in total. The Balaban J connectivity index is 0.00000481. The summed E-state index contributed by atoms with van der Waals surface area (Å²) in [5, 5.41) is 8.96. The number of nitrogens with one attached hydrogen (secondary N) is 1. The van der Waals surface area contributed by atoms with E-state index in [-0.39, 0.29) is 40.5 Å². The summed E-state index contributed by atoms with van der Waals surface area (Å²) in [4.78, 5) is 11.6. The molecule has 3 atom stereocenters. The van der Waals surface area contributed by atoms with E-state index < -0.39 is 0 Å². The molecule has 3 N–H and O–H groups in total. The minimum absolute atomic E-state index is 0. The number of nitrogens with zero attached hydrogens (tertiary/aromatic N) is 4. The van der Waals surface area contributed by atoms with E-state index in [1.54, 1.807) is 0 Å². The summed E-state index contributed by atoms with van der Waals surface area (Å²) in [5.74, 6) is 2.07. The van der Waals surface area contributed by atoms with Gasteiger partial charge in [-0.05, 0) is 50.5 Å². The van der Waals surface area contributed by atoms with Crippen molar-refractivity contribution in [2.75, 3.05) is 32.7 Å². The van der Waals surface area contributed by atoms with Gasteiger partial charge in [-0.2, -0.15) is 40.5 Å². The molecule has 3 rings (SSSR count). The monoisotopic (exact) mass is 598 g/mol. The van der Waals surface area contributed by atoms with E-state index in [0.29, 0.717) is 18.0 Å². The van der Waals surface area contributed by atoms with Crippen molar-refractivity contribution in [3.8, 4) is 0 Å². The SMILES string of the molecule is CCCCCCCN1C(N)=NC[C@@H]1CCCCN1C[C@H](C(C)CC)N(CCc2cccc(C)c2)C1=N.S.S.S. The van der Waals surface area contributed by atoms with Gasteiger partial charge in [0, 0.05) is 26.2 Å². The molecule has 0 aliphatic carbocycles. The average Bonchev–Trinajstić information content (AvgIpc) is 3.38. The van der Waals surface area contributed by atoms with E-state index in [2.05, 4.69) is 71.7 Å². The highest BCUT2D eigenvalue weighted by Crippen LogP contribution is 2.25. The van der Waals surface area contributed by atoms with Gasteiger partial charge in [0.15, 0.2) is 11.9 Å². The van der Waals surface area contributed by atoms with Crippen molar-refractivity contribution in [3.05, 3.63) is 35.4 Å². The van der Waals surface area contributed by atoms with Crippen LogP contribution in [0.25, 0.3) is 0 Å². The van der Waals surface area contributed by atoms with E-state index in [4.69, 9.17) is 11.1 Å². The summed E-state index contributed by atoms with van der Waals surface area (Å²) in [5.41, 5.74) is 8.90. The molecule has 1 saturated heterocycles. The molecule has 1 aromatic rings. The molecular weight excluding hydrogens is 541 g/mol. The zero-order valence-corrected chi connectivity index (χ0v) is 28.0. The Morgan fingerprint density at radius 2 is 1.69 bits per heavy atom. The fourth-order valence-corrected chi connectivity index (χ4v) is 5.78. The number of aliphatic imine (C=N–C) groups is 1. The van der Waals surface area contributed by atoms with E-state index >= 15 is 0 Å². The van der Waals surface area contributed by atoms with Crippen molar-refractivity contribution in [3.63, 3.8) is 0 Å². The summed E-state index contributed by atoms with van der Waals surface area (Å²) >= 11 is 0. The maximum Gasteiger partial charge on any atom is 0.194 e. The highest BCUT2D eigenvalue weighted by Gasteiger charge is 2.36. The van der Waals surface area contributed by atoms with Gasteiger partial charge >= 0.3 is 0 Å². The number of guanidine groups is 2. The molecule has 2 heterocycles. The minimum atomic E-state index is 0. The third-order valence-electron chi connectivity index (χ3n) is 8.32. The van der Waals surface area contributed by atoms with E-state index in [1.807, 2.05) is 0 Å². The standard InChI is InChI=1S/C30H52N6.3H2S/c1-5-7-8-9-11-19-35-27(22-33-29(35)31)16-10-12-18-34-23-28(25(4)6-2)36(30(34)32)20-17-26-15-13-14-24(3)21-26;;;/h13-15,21,25,27-28,32H,5-12,16-20,22-23H2,1-4H3,(H2,31,33);3*1H2/t25?,27-,28+;;;/m0.../s1. The molecule has 1 unspecified atom stereocenters. The van der Waals surface area contributed by atoms with Gasteiger partial charge < -0.3 is 20.4 Å². The number of unbranched alkanes of at least 4 members (excludes halogenated alkanes) is 5. The smallest absolute Gasteiger partial charge is 0.194 e. The molecule has 9 heteroatoms. The minimum Gasteiger partial charge on any atom is -0.370 e. The molecule has 2 aliphatic heterocycles. The lowest BCUT2D eigenvalue weighted by Crippen LogP contribution is -2.41. The maximum atomic E-state index is 8.96. The lowest BCUT2D eigenvalue weighted by atomic mass is 9.98. The van der Waals surface area contributed by atoms with Gasteiger partial charge in [-0.3, -0.25) is 10.4 Å². The zero-order valence-electron chi connectivity index (χ0n) is 25.0. The molecule has 1 aromatic carbocycles. The van der Waals surface area contributed by atoms with Crippen LogP contribution in [0.5, 0.6) is 0 Å². The lowest BCUT2D eigenvalue weighted by molar-refractivity contribution is 0.256. The van der Waals surface area contributed by atoms with Crippen LogP contribution < -0.4 is 5.73 Å². The zero-order chi connectivity index (χ0) is 25.9.